The molecule has 1 saturated heterocycles. The van der Waals surface area contributed by atoms with Gasteiger partial charge in [0, 0.05) is 20.2 Å². The minimum atomic E-state index is 0.423. The summed E-state index contributed by atoms with van der Waals surface area (Å²) in [6.07, 6.45) is 1.71. The molecule has 0 amide bonds. The first-order valence-electron chi connectivity index (χ1n) is 5.14. The van der Waals surface area contributed by atoms with Crippen molar-refractivity contribution in [3.05, 3.63) is 0 Å². The summed E-state index contributed by atoms with van der Waals surface area (Å²) in [5.41, 5.74) is 0.423. The van der Waals surface area contributed by atoms with Gasteiger partial charge in [0.15, 0.2) is 0 Å². The van der Waals surface area contributed by atoms with Crippen LogP contribution < -0.4 is 0 Å². The minimum absolute atomic E-state index is 0.423. The van der Waals surface area contributed by atoms with E-state index in [2.05, 4.69) is 32.7 Å². The van der Waals surface area contributed by atoms with Gasteiger partial charge in [-0.25, -0.2) is 0 Å². The average Bonchev–Trinajstić information content (AvgIpc) is 2.27. The van der Waals surface area contributed by atoms with Gasteiger partial charge in [-0.2, -0.15) is 0 Å². The van der Waals surface area contributed by atoms with Crippen molar-refractivity contribution < 1.29 is 4.74 Å². The Morgan fingerprint density at radius 3 is 2.38 bits per heavy atom. The molecule has 2 nitrogen and oxygen atoms in total. The van der Waals surface area contributed by atoms with E-state index in [1.165, 1.54) is 13.0 Å². The van der Waals surface area contributed by atoms with Crippen LogP contribution in [0.1, 0.15) is 27.2 Å². The number of hydrogen-bond acceptors (Lipinski definition) is 2. The largest absolute Gasteiger partial charge is 0.380 e. The van der Waals surface area contributed by atoms with Gasteiger partial charge >= 0.3 is 0 Å². The molecule has 0 aliphatic carbocycles. The van der Waals surface area contributed by atoms with Crippen molar-refractivity contribution in [2.45, 2.75) is 33.3 Å². The lowest BCUT2D eigenvalue weighted by Crippen LogP contribution is -2.25. The van der Waals surface area contributed by atoms with Crippen LogP contribution in [0.3, 0.4) is 0 Å². The molecule has 0 radical (unpaired) electrons. The van der Waals surface area contributed by atoms with Crippen LogP contribution in [0.4, 0.5) is 0 Å². The molecule has 1 heterocycles. The zero-order valence-corrected chi connectivity index (χ0v) is 9.63. The maximum Gasteiger partial charge on any atom is 0.0738 e. The molecule has 2 heteroatoms. The van der Waals surface area contributed by atoms with E-state index < -0.39 is 0 Å². The summed E-state index contributed by atoms with van der Waals surface area (Å²) in [7, 11) is 4.01. The summed E-state index contributed by atoms with van der Waals surface area (Å²) in [4.78, 5) is 2.37. The fraction of sp³-hybridized carbons (Fsp3) is 1.00. The number of methoxy groups -OCH3 is 1. The van der Waals surface area contributed by atoms with Crippen molar-refractivity contribution in [3.63, 3.8) is 0 Å². The van der Waals surface area contributed by atoms with Crippen molar-refractivity contribution in [2.75, 3.05) is 27.2 Å². The normalized spacial score (nSPS) is 31.2. The molecule has 1 fully saturated rings. The molecule has 0 N–H and O–H groups in total. The van der Waals surface area contributed by atoms with Crippen molar-refractivity contribution >= 4 is 0 Å². The van der Waals surface area contributed by atoms with E-state index >= 15 is 0 Å². The molecule has 1 aliphatic heterocycles. The van der Waals surface area contributed by atoms with Crippen LogP contribution in [0.2, 0.25) is 0 Å². The molecule has 0 aromatic rings. The number of nitrogens with zero attached hydrogens (tertiary/aromatic N) is 1. The lowest BCUT2D eigenvalue weighted by atomic mass is 9.83. The third kappa shape index (κ3) is 3.28. The standard InChI is InChI=1S/C11H23NO/c1-11(2,3)6-9-7-12(4)8-10(9)13-5/h9-10H,6-8H2,1-5H3/t9-,10-/m1/s1. The highest BCUT2D eigenvalue weighted by molar-refractivity contribution is 4.85. The van der Waals surface area contributed by atoms with Crippen LogP contribution in [-0.2, 0) is 4.74 Å². The van der Waals surface area contributed by atoms with Gasteiger partial charge < -0.3 is 9.64 Å². The Morgan fingerprint density at radius 2 is 1.92 bits per heavy atom. The SMILES string of the molecule is CO[C@@H]1CN(C)C[C@H]1CC(C)(C)C. The summed E-state index contributed by atoms with van der Waals surface area (Å²) >= 11 is 0. The topological polar surface area (TPSA) is 12.5 Å². The number of likely N-dealkylation sites (N-methyl/N-ethyl adjacent to an activating group) is 1. The third-order valence-corrected chi connectivity index (χ3v) is 2.74. The van der Waals surface area contributed by atoms with Gasteiger partial charge in [-0.1, -0.05) is 20.8 Å². The smallest absolute Gasteiger partial charge is 0.0738 e. The van der Waals surface area contributed by atoms with E-state index in [4.69, 9.17) is 4.74 Å². The fourth-order valence-electron chi connectivity index (χ4n) is 2.30. The summed E-state index contributed by atoms with van der Waals surface area (Å²) in [6.45, 7) is 9.20. The first-order valence-corrected chi connectivity index (χ1v) is 5.14. The lowest BCUT2D eigenvalue weighted by molar-refractivity contribution is 0.0649. The maximum absolute atomic E-state index is 5.50. The molecule has 0 aromatic carbocycles. The molecule has 78 valence electrons. The third-order valence-electron chi connectivity index (χ3n) is 2.74. The van der Waals surface area contributed by atoms with Gasteiger partial charge in [0.05, 0.1) is 6.10 Å². The van der Waals surface area contributed by atoms with Gasteiger partial charge in [0.2, 0.25) is 0 Å². The van der Waals surface area contributed by atoms with Crippen LogP contribution in [0.5, 0.6) is 0 Å². The van der Waals surface area contributed by atoms with E-state index in [9.17, 15) is 0 Å². The Bertz CT molecular complexity index is 162. The van der Waals surface area contributed by atoms with E-state index in [0.29, 0.717) is 11.5 Å². The monoisotopic (exact) mass is 185 g/mol. The molecular weight excluding hydrogens is 162 g/mol. The molecule has 0 aromatic heterocycles. The Hall–Kier alpha value is -0.0800. The maximum atomic E-state index is 5.50. The number of rotatable bonds is 2. The molecule has 0 spiro atoms. The van der Waals surface area contributed by atoms with Crippen LogP contribution in [0, 0.1) is 11.3 Å². The second kappa shape index (κ2) is 3.97. The second-order valence-corrected chi connectivity index (χ2v) is 5.52. The number of ether oxygens (including phenoxy) is 1. The summed E-state index contributed by atoms with van der Waals surface area (Å²) in [5, 5.41) is 0. The summed E-state index contributed by atoms with van der Waals surface area (Å²) in [5.74, 6) is 0.718. The molecule has 2 atom stereocenters. The van der Waals surface area contributed by atoms with Crippen LogP contribution in [-0.4, -0.2) is 38.3 Å². The first kappa shape index (κ1) is 11.0. The fourth-order valence-corrected chi connectivity index (χ4v) is 2.30. The van der Waals surface area contributed by atoms with E-state index in [1.807, 2.05) is 7.11 Å². The van der Waals surface area contributed by atoms with Gasteiger partial charge in [0.25, 0.3) is 0 Å². The van der Waals surface area contributed by atoms with E-state index in [1.54, 1.807) is 0 Å². The van der Waals surface area contributed by atoms with Crippen molar-refractivity contribution in [1.82, 2.24) is 4.90 Å². The van der Waals surface area contributed by atoms with Crippen LogP contribution in [0.25, 0.3) is 0 Å². The molecule has 0 unspecified atom stereocenters. The molecule has 0 bridgehead atoms. The highest BCUT2D eigenvalue weighted by Gasteiger charge is 2.33. The Balaban J connectivity index is 2.49. The molecule has 1 rings (SSSR count). The molecular formula is C11H23NO. The predicted octanol–water partition coefficient (Wildman–Crippen LogP) is 2.00. The van der Waals surface area contributed by atoms with Gasteiger partial charge in [-0.15, -0.1) is 0 Å². The Morgan fingerprint density at radius 1 is 1.31 bits per heavy atom. The number of hydrogen-bond donors (Lipinski definition) is 0. The minimum Gasteiger partial charge on any atom is -0.380 e. The van der Waals surface area contributed by atoms with E-state index in [-0.39, 0.29) is 0 Å². The predicted molar refractivity (Wildman–Crippen MR) is 55.9 cm³/mol. The summed E-state index contributed by atoms with van der Waals surface area (Å²) in [6, 6.07) is 0. The molecule has 0 saturated carbocycles. The number of likely N-dealkylation sites (tertiary alicyclic amines) is 1. The van der Waals surface area contributed by atoms with Crippen LogP contribution in [0.15, 0.2) is 0 Å². The highest BCUT2D eigenvalue weighted by Crippen LogP contribution is 2.31. The Kier molecular flexibility index (Phi) is 3.36. The zero-order valence-electron chi connectivity index (χ0n) is 9.63. The van der Waals surface area contributed by atoms with Crippen molar-refractivity contribution in [2.24, 2.45) is 11.3 Å². The average molecular weight is 185 g/mol. The summed E-state index contributed by atoms with van der Waals surface area (Å²) < 4.78 is 5.50. The van der Waals surface area contributed by atoms with Gasteiger partial charge in [-0.3, -0.25) is 0 Å². The van der Waals surface area contributed by atoms with Crippen molar-refractivity contribution in [3.8, 4) is 0 Å². The Labute approximate surface area is 82.3 Å². The molecule has 1 aliphatic rings. The zero-order chi connectivity index (χ0) is 10.1. The second-order valence-electron chi connectivity index (χ2n) is 5.52. The van der Waals surface area contributed by atoms with Gasteiger partial charge in [-0.05, 0) is 24.8 Å². The highest BCUT2D eigenvalue weighted by atomic mass is 16.5. The first-order chi connectivity index (χ1) is 5.92. The van der Waals surface area contributed by atoms with Gasteiger partial charge in [0.1, 0.15) is 0 Å². The van der Waals surface area contributed by atoms with Crippen molar-refractivity contribution in [1.29, 1.82) is 0 Å². The van der Waals surface area contributed by atoms with Crippen LogP contribution >= 0.6 is 0 Å². The molecule has 13 heavy (non-hydrogen) atoms. The quantitative estimate of drug-likeness (QED) is 0.652. The lowest BCUT2D eigenvalue weighted by Gasteiger charge is -2.25. The van der Waals surface area contributed by atoms with E-state index in [0.717, 1.165) is 12.5 Å².